The summed E-state index contributed by atoms with van der Waals surface area (Å²) in [5.74, 6) is -1.01. The Hall–Kier alpha value is -5.20. The summed E-state index contributed by atoms with van der Waals surface area (Å²) in [5, 5.41) is 11.2. The molecule has 0 atom stereocenters. The van der Waals surface area contributed by atoms with Crippen molar-refractivity contribution in [3.63, 3.8) is 0 Å². The first-order valence-corrected chi connectivity index (χ1v) is 12.0. The van der Waals surface area contributed by atoms with Crippen LogP contribution in [-0.4, -0.2) is 42.9 Å². The summed E-state index contributed by atoms with van der Waals surface area (Å²) in [5.41, 5.74) is 1.63. The highest BCUT2D eigenvalue weighted by Crippen LogP contribution is 2.31. The van der Waals surface area contributed by atoms with E-state index in [4.69, 9.17) is 9.47 Å². The standard InChI is InChI=1S/C27H21F3N6O4/c1-2-39-26(38)21-15-32-36-23(9-11-31-24(21)36)17-5-3-7-19(13-17)33-25(37)22-10-12-35(34-22)16-40-20-8-4-6-18(14-20)27(28,29)30/h3-15H,2,16H2,1H3,(H,33,37). The number of nitrogens with zero attached hydrogens (tertiary/aromatic N) is 5. The molecule has 10 nitrogen and oxygen atoms in total. The summed E-state index contributed by atoms with van der Waals surface area (Å²) in [6.07, 6.45) is -0.0660. The van der Waals surface area contributed by atoms with Gasteiger partial charge in [-0.25, -0.2) is 19.0 Å². The number of esters is 1. The van der Waals surface area contributed by atoms with Crippen molar-refractivity contribution < 1.29 is 32.2 Å². The number of ether oxygens (including phenoxy) is 2. The normalized spacial score (nSPS) is 11.4. The predicted octanol–water partition coefficient (Wildman–Crippen LogP) is 5.08. The number of alkyl halides is 3. The number of carbonyl (C=O) groups excluding carboxylic acids is 2. The quantitative estimate of drug-likeness (QED) is 0.268. The van der Waals surface area contributed by atoms with Crippen LogP contribution in [0.3, 0.4) is 0 Å². The van der Waals surface area contributed by atoms with Crippen molar-refractivity contribution in [2.45, 2.75) is 19.8 Å². The molecule has 0 aliphatic carbocycles. The van der Waals surface area contributed by atoms with Gasteiger partial charge in [-0.3, -0.25) is 4.79 Å². The maximum atomic E-state index is 12.9. The van der Waals surface area contributed by atoms with Crippen molar-refractivity contribution >= 4 is 23.2 Å². The summed E-state index contributed by atoms with van der Waals surface area (Å²) in [6.45, 7) is 1.74. The van der Waals surface area contributed by atoms with Gasteiger partial charge in [0.05, 0.1) is 24.1 Å². The molecule has 0 saturated heterocycles. The van der Waals surface area contributed by atoms with Crippen molar-refractivity contribution in [2.75, 3.05) is 11.9 Å². The highest BCUT2D eigenvalue weighted by molar-refractivity contribution is 6.03. The second-order valence-corrected chi connectivity index (χ2v) is 8.42. The molecule has 2 aromatic carbocycles. The van der Waals surface area contributed by atoms with E-state index in [9.17, 15) is 22.8 Å². The molecule has 1 amide bonds. The number of amides is 1. The molecule has 0 aliphatic heterocycles. The van der Waals surface area contributed by atoms with E-state index in [0.29, 0.717) is 22.6 Å². The monoisotopic (exact) mass is 550 g/mol. The molecule has 5 rings (SSSR count). The first-order valence-electron chi connectivity index (χ1n) is 12.0. The number of fused-ring (bicyclic) bond motifs is 1. The van der Waals surface area contributed by atoms with Gasteiger partial charge in [0.2, 0.25) is 0 Å². The van der Waals surface area contributed by atoms with Crippen LogP contribution in [0.4, 0.5) is 18.9 Å². The molecule has 0 bridgehead atoms. The van der Waals surface area contributed by atoms with Crippen LogP contribution in [0.5, 0.6) is 5.75 Å². The molecule has 13 heteroatoms. The van der Waals surface area contributed by atoms with Crippen LogP contribution in [-0.2, 0) is 17.6 Å². The summed E-state index contributed by atoms with van der Waals surface area (Å²) in [4.78, 5) is 29.3. The summed E-state index contributed by atoms with van der Waals surface area (Å²) in [7, 11) is 0. The topological polar surface area (TPSA) is 113 Å². The second kappa shape index (κ2) is 10.9. The lowest BCUT2D eigenvalue weighted by molar-refractivity contribution is -0.137. The fraction of sp³-hybridized carbons (Fsp3) is 0.148. The zero-order valence-corrected chi connectivity index (χ0v) is 20.9. The molecule has 5 aromatic rings. The van der Waals surface area contributed by atoms with Crippen molar-refractivity contribution in [3.05, 3.63) is 96.1 Å². The average Bonchev–Trinajstić information content (AvgIpc) is 3.59. The lowest BCUT2D eigenvalue weighted by Crippen LogP contribution is -2.14. The van der Waals surface area contributed by atoms with Gasteiger partial charge in [-0.1, -0.05) is 18.2 Å². The second-order valence-electron chi connectivity index (χ2n) is 8.42. The average molecular weight is 550 g/mol. The Morgan fingerprint density at radius 1 is 1.05 bits per heavy atom. The number of rotatable bonds is 8. The molecule has 3 heterocycles. The third-order valence-corrected chi connectivity index (χ3v) is 5.71. The molecule has 1 N–H and O–H groups in total. The number of hydrogen-bond donors (Lipinski definition) is 1. The molecule has 3 aromatic heterocycles. The van der Waals surface area contributed by atoms with Crippen LogP contribution in [0.1, 0.15) is 33.3 Å². The largest absolute Gasteiger partial charge is 0.471 e. The van der Waals surface area contributed by atoms with Crippen molar-refractivity contribution in [3.8, 4) is 17.0 Å². The van der Waals surface area contributed by atoms with E-state index in [2.05, 4.69) is 20.5 Å². The fourth-order valence-electron chi connectivity index (χ4n) is 3.87. The van der Waals surface area contributed by atoms with Crippen molar-refractivity contribution in [1.29, 1.82) is 0 Å². The van der Waals surface area contributed by atoms with Gasteiger partial charge < -0.3 is 14.8 Å². The van der Waals surface area contributed by atoms with Crippen molar-refractivity contribution in [2.24, 2.45) is 0 Å². The Bertz CT molecular complexity index is 1700. The predicted molar refractivity (Wildman–Crippen MR) is 137 cm³/mol. The highest BCUT2D eigenvalue weighted by Gasteiger charge is 2.30. The Balaban J connectivity index is 1.28. The summed E-state index contributed by atoms with van der Waals surface area (Å²) < 4.78 is 52.0. The van der Waals surface area contributed by atoms with E-state index in [1.165, 1.54) is 39.8 Å². The number of hydrogen-bond acceptors (Lipinski definition) is 7. The lowest BCUT2D eigenvalue weighted by atomic mass is 10.1. The van der Waals surface area contributed by atoms with Gasteiger partial charge >= 0.3 is 12.1 Å². The zero-order valence-electron chi connectivity index (χ0n) is 20.9. The number of aromatic nitrogens is 5. The fourth-order valence-corrected chi connectivity index (χ4v) is 3.87. The van der Waals surface area contributed by atoms with E-state index >= 15 is 0 Å². The van der Waals surface area contributed by atoms with Gasteiger partial charge in [-0.05, 0) is 49.4 Å². The van der Waals surface area contributed by atoms with Gasteiger partial charge in [-0.2, -0.15) is 23.4 Å². The van der Waals surface area contributed by atoms with Crippen molar-refractivity contribution in [1.82, 2.24) is 24.4 Å². The molecule has 0 fully saturated rings. The van der Waals surface area contributed by atoms with E-state index in [0.717, 1.165) is 12.1 Å². The van der Waals surface area contributed by atoms with E-state index in [1.54, 1.807) is 37.4 Å². The maximum absolute atomic E-state index is 12.9. The van der Waals surface area contributed by atoms with E-state index in [1.807, 2.05) is 6.07 Å². The number of nitrogens with one attached hydrogen (secondary N) is 1. The van der Waals surface area contributed by atoms with E-state index < -0.39 is 23.6 Å². The molecule has 0 aliphatic rings. The highest BCUT2D eigenvalue weighted by atomic mass is 19.4. The first kappa shape index (κ1) is 26.4. The Morgan fingerprint density at radius 2 is 1.88 bits per heavy atom. The third-order valence-electron chi connectivity index (χ3n) is 5.71. The number of halogens is 3. The Labute approximate surface area is 225 Å². The van der Waals surface area contributed by atoms with Crippen LogP contribution in [0, 0.1) is 0 Å². The van der Waals surface area contributed by atoms with Gasteiger partial charge in [0, 0.05) is 23.6 Å². The lowest BCUT2D eigenvalue weighted by Gasteiger charge is -2.10. The third kappa shape index (κ3) is 5.62. The van der Waals surface area contributed by atoms with Gasteiger partial charge in [0.15, 0.2) is 18.1 Å². The smallest absolute Gasteiger partial charge is 0.416 e. The van der Waals surface area contributed by atoms with Crippen LogP contribution >= 0.6 is 0 Å². The van der Waals surface area contributed by atoms with Crippen LogP contribution in [0.15, 0.2) is 79.3 Å². The molecular formula is C27H21F3N6O4. The SMILES string of the molecule is CCOC(=O)c1cnn2c(-c3cccc(NC(=O)c4ccn(COc5cccc(C(F)(F)F)c5)n4)c3)ccnc12. The molecule has 40 heavy (non-hydrogen) atoms. The van der Waals surface area contributed by atoms with Gasteiger partial charge in [-0.15, -0.1) is 0 Å². The Kier molecular flexibility index (Phi) is 7.19. The van der Waals surface area contributed by atoms with Gasteiger partial charge in [0.25, 0.3) is 5.91 Å². The van der Waals surface area contributed by atoms with Gasteiger partial charge in [0.1, 0.15) is 11.3 Å². The molecular weight excluding hydrogens is 529 g/mol. The first-order chi connectivity index (χ1) is 19.2. The molecule has 0 radical (unpaired) electrons. The molecule has 0 spiro atoms. The van der Waals surface area contributed by atoms with Crippen LogP contribution < -0.4 is 10.1 Å². The van der Waals surface area contributed by atoms with Crippen LogP contribution in [0.25, 0.3) is 16.9 Å². The molecule has 204 valence electrons. The molecule has 0 unspecified atom stereocenters. The minimum Gasteiger partial charge on any atom is -0.471 e. The maximum Gasteiger partial charge on any atom is 0.416 e. The number of carbonyl (C=O) groups is 2. The zero-order chi connectivity index (χ0) is 28.3. The minimum absolute atomic E-state index is 0.0184. The summed E-state index contributed by atoms with van der Waals surface area (Å²) in [6, 6.07) is 14.7. The summed E-state index contributed by atoms with van der Waals surface area (Å²) >= 11 is 0. The minimum atomic E-state index is -4.49. The van der Waals surface area contributed by atoms with Crippen LogP contribution in [0.2, 0.25) is 0 Å². The number of benzene rings is 2. The number of anilines is 1. The van der Waals surface area contributed by atoms with E-state index in [-0.39, 0.29) is 30.3 Å². The Morgan fingerprint density at radius 3 is 2.67 bits per heavy atom. The molecule has 0 saturated carbocycles.